The Labute approximate surface area is 222 Å². The van der Waals surface area contributed by atoms with E-state index in [1.807, 2.05) is 32.0 Å². The van der Waals surface area contributed by atoms with Crippen LogP contribution in [-0.4, -0.2) is 41.0 Å². The highest BCUT2D eigenvalue weighted by Gasteiger charge is 2.69. The molecule has 0 radical (unpaired) electrons. The molecule has 0 spiro atoms. The predicted octanol–water partition coefficient (Wildman–Crippen LogP) is 4.94. The van der Waals surface area contributed by atoms with Crippen molar-refractivity contribution >= 4 is 34.5 Å². The van der Waals surface area contributed by atoms with Crippen molar-refractivity contribution < 1.29 is 38.5 Å². The molecule has 0 bridgehead atoms. The van der Waals surface area contributed by atoms with Crippen LogP contribution in [-0.2, 0) is 28.7 Å². The van der Waals surface area contributed by atoms with Gasteiger partial charge in [-0.15, -0.1) is 0 Å². The molecule has 0 aliphatic heterocycles. The number of rotatable bonds is 8. The normalized spacial score (nSPS) is 27.8. The van der Waals surface area contributed by atoms with E-state index in [9.17, 15) is 24.3 Å². The van der Waals surface area contributed by atoms with Gasteiger partial charge in [-0.05, 0) is 52.8 Å². The summed E-state index contributed by atoms with van der Waals surface area (Å²) in [4.78, 5) is 50.1. The number of fused-ring (bicyclic) bond motifs is 5. The van der Waals surface area contributed by atoms with Crippen LogP contribution in [0.5, 0.6) is 5.75 Å². The minimum atomic E-state index is -1.55. The summed E-state index contributed by atoms with van der Waals surface area (Å²) in [5.41, 5.74) is -0.807. The third-order valence-corrected chi connectivity index (χ3v) is 8.44. The molecular weight excluding hydrogens is 488 g/mol. The van der Waals surface area contributed by atoms with E-state index in [1.54, 1.807) is 32.9 Å². The molecule has 1 fully saturated rings. The quantitative estimate of drug-likeness (QED) is 0.381. The van der Waals surface area contributed by atoms with Crippen molar-refractivity contribution in [3.8, 4) is 5.75 Å². The molecule has 2 aliphatic carbocycles. The number of esters is 3. The van der Waals surface area contributed by atoms with Gasteiger partial charge >= 0.3 is 17.9 Å². The van der Waals surface area contributed by atoms with Crippen LogP contribution < -0.4 is 4.74 Å². The fourth-order valence-corrected chi connectivity index (χ4v) is 6.64. The Hall–Kier alpha value is -3.26. The largest absolute Gasteiger partial charge is 0.457 e. The molecule has 1 saturated carbocycles. The number of Topliss-reactive ketones (excluding diaryl/α,β-unsaturated/α-hetero) is 1. The van der Waals surface area contributed by atoms with E-state index in [1.165, 1.54) is 0 Å². The van der Waals surface area contributed by atoms with Crippen molar-refractivity contribution in [2.75, 3.05) is 6.61 Å². The summed E-state index contributed by atoms with van der Waals surface area (Å²) < 4.78 is 16.6. The Balaban J connectivity index is 1.81. The zero-order valence-electron chi connectivity index (χ0n) is 22.7. The zero-order chi connectivity index (χ0) is 27.8. The predicted molar refractivity (Wildman–Crippen MR) is 139 cm³/mol. The van der Waals surface area contributed by atoms with Crippen molar-refractivity contribution in [1.29, 1.82) is 0 Å². The van der Waals surface area contributed by atoms with E-state index in [2.05, 4.69) is 0 Å². The summed E-state index contributed by atoms with van der Waals surface area (Å²) >= 11 is 0. The molecule has 0 saturated heterocycles. The lowest BCUT2D eigenvalue weighted by Crippen LogP contribution is -2.59. The lowest BCUT2D eigenvalue weighted by Gasteiger charge is -2.49. The van der Waals surface area contributed by atoms with Gasteiger partial charge in [0.05, 0.1) is 6.10 Å². The number of carbonyl (C=O) groups excluding carboxylic acids is 4. The molecule has 2 aromatic rings. The van der Waals surface area contributed by atoms with Gasteiger partial charge in [-0.1, -0.05) is 52.8 Å². The van der Waals surface area contributed by atoms with E-state index >= 15 is 0 Å². The van der Waals surface area contributed by atoms with Gasteiger partial charge < -0.3 is 19.3 Å². The lowest BCUT2D eigenvalue weighted by atomic mass is 9.58. The van der Waals surface area contributed by atoms with E-state index in [-0.39, 0.29) is 43.5 Å². The SMILES string of the molecule is CCC(=O)OCC(=O)[C@@]1(OC(=O)CC)[C@H](C)C[C@H]2c3ccc4cc(OC(=O)CC)ccc4c3[C@@H](O)C[C@@]21C. The molecule has 0 amide bonds. The van der Waals surface area contributed by atoms with Crippen LogP contribution in [0.25, 0.3) is 10.8 Å². The van der Waals surface area contributed by atoms with Crippen LogP contribution in [0.15, 0.2) is 30.3 Å². The summed E-state index contributed by atoms with van der Waals surface area (Å²) in [6.45, 7) is 8.33. The number of benzene rings is 2. The van der Waals surface area contributed by atoms with Crippen molar-refractivity contribution in [2.45, 2.75) is 84.3 Å². The third kappa shape index (κ3) is 4.38. The second-order valence-corrected chi connectivity index (χ2v) is 10.6. The number of hydrogen-bond donors (Lipinski definition) is 1. The second-order valence-electron chi connectivity index (χ2n) is 10.6. The molecule has 8 nitrogen and oxygen atoms in total. The first-order chi connectivity index (χ1) is 18.0. The Bertz CT molecular complexity index is 1280. The number of aliphatic hydroxyl groups is 1. The average molecular weight is 525 g/mol. The zero-order valence-corrected chi connectivity index (χ0v) is 22.7. The Morgan fingerprint density at radius 2 is 1.66 bits per heavy atom. The van der Waals surface area contributed by atoms with E-state index in [4.69, 9.17) is 14.2 Å². The molecule has 5 atom stereocenters. The highest BCUT2D eigenvalue weighted by atomic mass is 16.6. The fourth-order valence-electron chi connectivity index (χ4n) is 6.64. The first-order valence-corrected chi connectivity index (χ1v) is 13.4. The first kappa shape index (κ1) is 27.8. The van der Waals surface area contributed by atoms with E-state index in [0.29, 0.717) is 12.2 Å². The number of ketones is 1. The lowest BCUT2D eigenvalue weighted by molar-refractivity contribution is -0.192. The molecule has 0 heterocycles. The van der Waals surface area contributed by atoms with Crippen LogP contribution in [0.2, 0.25) is 0 Å². The Morgan fingerprint density at radius 1 is 0.974 bits per heavy atom. The van der Waals surface area contributed by atoms with Gasteiger partial charge in [0.2, 0.25) is 5.78 Å². The minimum absolute atomic E-state index is 0.0892. The van der Waals surface area contributed by atoms with Gasteiger partial charge in [0, 0.05) is 30.6 Å². The van der Waals surface area contributed by atoms with Gasteiger partial charge in [-0.2, -0.15) is 0 Å². The van der Waals surface area contributed by atoms with Gasteiger partial charge in [0.15, 0.2) is 12.2 Å². The molecule has 8 heteroatoms. The van der Waals surface area contributed by atoms with Crippen molar-refractivity contribution in [1.82, 2.24) is 0 Å². The smallest absolute Gasteiger partial charge is 0.310 e. The first-order valence-electron chi connectivity index (χ1n) is 13.4. The van der Waals surface area contributed by atoms with Crippen LogP contribution in [0, 0.1) is 11.3 Å². The number of hydrogen-bond acceptors (Lipinski definition) is 8. The summed E-state index contributed by atoms with van der Waals surface area (Å²) in [5, 5.41) is 13.2. The summed E-state index contributed by atoms with van der Waals surface area (Å²) in [6.07, 6.45) is 0.286. The fraction of sp³-hybridized carbons (Fsp3) is 0.533. The van der Waals surface area contributed by atoms with Crippen molar-refractivity contribution in [3.05, 3.63) is 41.5 Å². The number of ether oxygens (including phenoxy) is 3. The highest BCUT2D eigenvalue weighted by molar-refractivity contribution is 5.95. The van der Waals surface area contributed by atoms with Gasteiger partial charge in [0.25, 0.3) is 0 Å². The molecule has 1 N–H and O–H groups in total. The maximum atomic E-state index is 13.8. The monoisotopic (exact) mass is 524 g/mol. The Morgan fingerprint density at radius 3 is 2.32 bits per heavy atom. The van der Waals surface area contributed by atoms with Crippen molar-refractivity contribution in [3.63, 3.8) is 0 Å². The maximum Gasteiger partial charge on any atom is 0.310 e. The summed E-state index contributed by atoms with van der Waals surface area (Å²) in [5.74, 6) is -1.93. The summed E-state index contributed by atoms with van der Waals surface area (Å²) in [7, 11) is 0. The molecule has 38 heavy (non-hydrogen) atoms. The van der Waals surface area contributed by atoms with Crippen LogP contribution in [0.3, 0.4) is 0 Å². The molecule has 0 aromatic heterocycles. The molecule has 2 aliphatic rings. The molecule has 204 valence electrons. The molecule has 2 aromatic carbocycles. The van der Waals surface area contributed by atoms with Crippen LogP contribution in [0.4, 0.5) is 0 Å². The van der Waals surface area contributed by atoms with E-state index in [0.717, 1.165) is 21.9 Å². The topological polar surface area (TPSA) is 116 Å². The average Bonchev–Trinajstić information content (AvgIpc) is 3.12. The standard InChI is InChI=1S/C30H36O8/c1-6-25(33)36-16-24(32)30(38-27(35)8-3)17(4)13-22-21-11-9-18-14-19(37-26(34)7-2)10-12-20(18)28(21)23(31)15-29(22,30)5/h9-12,14,17,22-23,31H,6-8,13,15-16H2,1-5H3/t17-,22+,23+,29+,30+/m1/s1. The van der Waals surface area contributed by atoms with Gasteiger partial charge in [-0.3, -0.25) is 19.2 Å². The highest BCUT2D eigenvalue weighted by Crippen LogP contribution is 2.66. The van der Waals surface area contributed by atoms with Gasteiger partial charge in [-0.25, -0.2) is 0 Å². The van der Waals surface area contributed by atoms with Crippen molar-refractivity contribution in [2.24, 2.45) is 11.3 Å². The third-order valence-electron chi connectivity index (χ3n) is 8.44. The molecule has 0 unspecified atom stereocenters. The molecule has 4 rings (SSSR count). The maximum absolute atomic E-state index is 13.8. The molecular formula is C30H36O8. The number of carbonyl (C=O) groups is 4. The minimum Gasteiger partial charge on any atom is -0.457 e. The summed E-state index contributed by atoms with van der Waals surface area (Å²) in [6, 6.07) is 9.20. The number of aliphatic hydroxyl groups excluding tert-OH is 1. The van der Waals surface area contributed by atoms with Crippen LogP contribution in [0.1, 0.15) is 89.9 Å². The van der Waals surface area contributed by atoms with Gasteiger partial charge in [0.1, 0.15) is 5.75 Å². The van der Waals surface area contributed by atoms with E-state index < -0.39 is 41.4 Å². The Kier molecular flexibility index (Phi) is 7.66. The van der Waals surface area contributed by atoms with Crippen LogP contribution >= 0.6 is 0 Å². The second kappa shape index (κ2) is 10.5.